The summed E-state index contributed by atoms with van der Waals surface area (Å²) in [4.78, 5) is 15.1. The smallest absolute Gasteiger partial charge is 0.317 e. The molecule has 44 heavy (non-hydrogen) atoms. The van der Waals surface area contributed by atoms with Gasteiger partial charge < -0.3 is 10.4 Å². The molecule has 0 saturated heterocycles. The summed E-state index contributed by atoms with van der Waals surface area (Å²) in [5.41, 5.74) is 0. The highest BCUT2D eigenvalue weighted by Crippen LogP contribution is 2.15. The molecule has 0 aliphatic heterocycles. The summed E-state index contributed by atoms with van der Waals surface area (Å²) in [7, 11) is 0. The number of carboxylic acid groups (broad SMARTS) is 1. The van der Waals surface area contributed by atoms with Crippen molar-refractivity contribution in [2.24, 2.45) is 0 Å². The van der Waals surface area contributed by atoms with Crippen molar-refractivity contribution in [2.45, 2.75) is 161 Å². The third-order valence-electron chi connectivity index (χ3n) is 7.16. The van der Waals surface area contributed by atoms with Gasteiger partial charge in [-0.3, -0.25) is 4.79 Å². The molecule has 0 aromatic rings. The maximum atomic E-state index is 10.4. The number of hydrogen-bond donors (Lipinski definition) is 3. The van der Waals surface area contributed by atoms with Gasteiger partial charge in [-0.15, -0.1) is 0 Å². The predicted octanol–water partition coefficient (Wildman–Crippen LogP) is 8.22. The molecule has 0 aliphatic rings. The lowest BCUT2D eigenvalue weighted by atomic mass is 10.0. The Labute approximate surface area is 262 Å². The molecule has 0 aromatic heterocycles. The number of aliphatic carboxylic acids is 1. The van der Waals surface area contributed by atoms with Crippen LogP contribution in [-0.4, -0.2) is 36.0 Å². The van der Waals surface area contributed by atoms with Gasteiger partial charge in [0.15, 0.2) is 0 Å². The molecule has 15 heteroatoms. The standard InChI is InChI=1S/C29H59NO14/c31-29(32)28-30-26-24-22-20-18-16-14-12-10-8-6-4-2-1-3-5-7-9-11-13-15-17-19-21-23-25-27-34-36-38-40-42-44-43-41-39-37-35-33/h30,33H,1-28H2,(H,31,32). The van der Waals surface area contributed by atoms with Gasteiger partial charge in [0, 0.05) is 0 Å². The van der Waals surface area contributed by atoms with E-state index < -0.39 is 5.97 Å². The third-order valence-corrected chi connectivity index (χ3v) is 7.16. The van der Waals surface area contributed by atoms with Crippen molar-refractivity contribution in [2.75, 3.05) is 19.7 Å². The van der Waals surface area contributed by atoms with E-state index in [0.717, 1.165) is 32.2 Å². The number of rotatable bonds is 40. The Kier molecular flexibility index (Phi) is 39.0. The molecule has 0 unspecified atom stereocenters. The van der Waals surface area contributed by atoms with Crippen molar-refractivity contribution in [3.8, 4) is 0 Å². The molecule has 264 valence electrons. The number of carboxylic acids is 1. The summed E-state index contributed by atoms with van der Waals surface area (Å²) in [6, 6.07) is 0. The van der Waals surface area contributed by atoms with Crippen molar-refractivity contribution < 1.29 is 70.4 Å². The van der Waals surface area contributed by atoms with Crippen LogP contribution in [0, 0.1) is 0 Å². The molecule has 0 amide bonds. The minimum atomic E-state index is -0.777. The van der Waals surface area contributed by atoms with Gasteiger partial charge in [-0.1, -0.05) is 148 Å². The molecule has 3 N–H and O–H groups in total. The van der Waals surface area contributed by atoms with Crippen LogP contribution in [0.3, 0.4) is 0 Å². The van der Waals surface area contributed by atoms with Gasteiger partial charge in [0.05, 0.1) is 13.2 Å². The topological polar surface area (TPSA) is 171 Å². The first-order valence-corrected chi connectivity index (χ1v) is 16.6. The average Bonchev–Trinajstić information content (AvgIpc) is 3.02. The van der Waals surface area contributed by atoms with Gasteiger partial charge >= 0.3 is 5.97 Å². The van der Waals surface area contributed by atoms with E-state index in [0.29, 0.717) is 6.61 Å². The van der Waals surface area contributed by atoms with Gasteiger partial charge in [0.25, 0.3) is 0 Å². The lowest BCUT2D eigenvalue weighted by Crippen LogP contribution is -2.23. The molecule has 0 atom stereocenters. The van der Waals surface area contributed by atoms with E-state index in [-0.39, 0.29) is 6.54 Å². The Morgan fingerprint density at radius 2 is 0.705 bits per heavy atom. The van der Waals surface area contributed by atoms with E-state index in [9.17, 15) is 4.79 Å². The largest absolute Gasteiger partial charge is 0.480 e. The molecule has 0 heterocycles. The minimum Gasteiger partial charge on any atom is -0.480 e. The molecule has 0 radical (unpaired) electrons. The van der Waals surface area contributed by atoms with Gasteiger partial charge in [0.1, 0.15) is 0 Å². The fourth-order valence-electron chi connectivity index (χ4n) is 4.82. The molecule has 0 aliphatic carbocycles. The first kappa shape index (κ1) is 43.0. The van der Waals surface area contributed by atoms with E-state index in [2.05, 4.69) is 55.7 Å². The summed E-state index contributed by atoms with van der Waals surface area (Å²) in [5.74, 6) is -0.777. The van der Waals surface area contributed by atoms with Crippen LogP contribution in [-0.2, 0) is 60.1 Å². The van der Waals surface area contributed by atoms with Gasteiger partial charge in [-0.25, -0.2) is 10.1 Å². The first-order valence-electron chi connectivity index (χ1n) is 16.6. The summed E-state index contributed by atoms with van der Waals surface area (Å²) >= 11 is 0. The first-order chi connectivity index (χ1) is 21.8. The zero-order chi connectivity index (χ0) is 31.9. The molecule has 0 rings (SSSR count). The molecule has 0 fully saturated rings. The Morgan fingerprint density at radius 1 is 0.409 bits per heavy atom. The van der Waals surface area contributed by atoms with Crippen LogP contribution in [0.1, 0.15) is 161 Å². The summed E-state index contributed by atoms with van der Waals surface area (Å²) in [6.07, 6.45) is 32.4. The minimum absolute atomic E-state index is 0.0761. The van der Waals surface area contributed by atoms with Crippen LogP contribution in [0.5, 0.6) is 0 Å². The average molecular weight is 646 g/mol. The number of unbranched alkanes of at least 4 members (excludes halogenated alkanes) is 24. The molecule has 0 aromatic carbocycles. The highest BCUT2D eigenvalue weighted by Gasteiger charge is 1.99. The molecule has 0 spiro atoms. The number of nitrogens with one attached hydrogen (secondary N) is 1. The second-order valence-corrected chi connectivity index (χ2v) is 10.9. The summed E-state index contributed by atoms with van der Waals surface area (Å²) < 4.78 is 0. The zero-order valence-corrected chi connectivity index (χ0v) is 26.6. The second kappa shape index (κ2) is 40.0. The summed E-state index contributed by atoms with van der Waals surface area (Å²) in [6.45, 7) is 1.22. The quantitative estimate of drug-likeness (QED) is 0.0330. The van der Waals surface area contributed by atoms with E-state index >= 15 is 0 Å². The third kappa shape index (κ3) is 41.0. The van der Waals surface area contributed by atoms with Crippen LogP contribution in [0.4, 0.5) is 0 Å². The SMILES string of the molecule is O=C(O)CNCCCCCCCCCCCCCCCCCCCCCCCCCCCOOOOOOOOOOOO. The van der Waals surface area contributed by atoms with Crippen molar-refractivity contribution in [3.05, 3.63) is 0 Å². The summed E-state index contributed by atoms with van der Waals surface area (Å²) in [5, 5.41) is 55.7. The molecule has 0 bridgehead atoms. The van der Waals surface area contributed by atoms with Gasteiger partial charge in [-0.05, 0) is 69.8 Å². The molecular formula is C29H59NO14. The maximum Gasteiger partial charge on any atom is 0.317 e. The van der Waals surface area contributed by atoms with Gasteiger partial charge in [0.2, 0.25) is 0 Å². The lowest BCUT2D eigenvalue weighted by molar-refractivity contribution is -0.862. The van der Waals surface area contributed by atoms with Crippen LogP contribution >= 0.6 is 0 Å². The van der Waals surface area contributed by atoms with Crippen molar-refractivity contribution in [1.82, 2.24) is 5.32 Å². The van der Waals surface area contributed by atoms with Crippen LogP contribution in [0.2, 0.25) is 0 Å². The normalized spacial score (nSPS) is 11.5. The Hall–Kier alpha value is -1.05. The fourth-order valence-corrected chi connectivity index (χ4v) is 4.82. The molecular weight excluding hydrogens is 586 g/mol. The van der Waals surface area contributed by atoms with E-state index in [1.807, 2.05) is 0 Å². The number of carbonyl (C=O) groups is 1. The fraction of sp³-hybridized carbons (Fsp3) is 0.966. The lowest BCUT2D eigenvalue weighted by Gasteiger charge is -2.05. The van der Waals surface area contributed by atoms with E-state index in [4.69, 9.17) is 15.3 Å². The molecule has 15 nitrogen and oxygen atoms in total. The molecule has 0 saturated carbocycles. The van der Waals surface area contributed by atoms with Gasteiger partial charge in [-0.2, -0.15) is 0 Å². The van der Waals surface area contributed by atoms with Crippen molar-refractivity contribution in [3.63, 3.8) is 0 Å². The Bertz CT molecular complexity index is 550. The zero-order valence-electron chi connectivity index (χ0n) is 26.6. The Morgan fingerprint density at radius 3 is 1.05 bits per heavy atom. The van der Waals surface area contributed by atoms with Crippen LogP contribution in [0.25, 0.3) is 0 Å². The van der Waals surface area contributed by atoms with Crippen LogP contribution < -0.4 is 5.32 Å². The monoisotopic (exact) mass is 645 g/mol. The van der Waals surface area contributed by atoms with Crippen LogP contribution in [0.15, 0.2) is 0 Å². The number of hydrogen-bond acceptors (Lipinski definition) is 14. The maximum absolute atomic E-state index is 10.4. The van der Waals surface area contributed by atoms with Crippen molar-refractivity contribution >= 4 is 5.97 Å². The highest BCUT2D eigenvalue weighted by molar-refractivity contribution is 5.68. The highest BCUT2D eigenvalue weighted by atomic mass is 18.0. The Balaban J connectivity index is 3.04. The second-order valence-electron chi connectivity index (χ2n) is 10.9. The van der Waals surface area contributed by atoms with Crippen molar-refractivity contribution in [1.29, 1.82) is 0 Å². The predicted molar refractivity (Wildman–Crippen MR) is 155 cm³/mol. The van der Waals surface area contributed by atoms with E-state index in [1.54, 1.807) is 0 Å². The van der Waals surface area contributed by atoms with E-state index in [1.165, 1.54) is 135 Å².